The van der Waals surface area contributed by atoms with Gasteiger partial charge in [-0.3, -0.25) is 4.79 Å². The lowest BCUT2D eigenvalue weighted by atomic mass is 9.98. The third-order valence-corrected chi connectivity index (χ3v) is 12.7. The smallest absolute Gasteiger partial charge is 0.249 e. The number of rotatable bonds is 43. The van der Waals surface area contributed by atoms with Gasteiger partial charge in [0.05, 0.1) is 25.4 Å². The van der Waals surface area contributed by atoms with Crippen molar-refractivity contribution in [2.45, 2.75) is 294 Å². The van der Waals surface area contributed by atoms with Crippen LogP contribution in [-0.2, 0) is 14.3 Å². The van der Waals surface area contributed by atoms with Gasteiger partial charge in [-0.25, -0.2) is 0 Å². The summed E-state index contributed by atoms with van der Waals surface area (Å²) in [6, 6.07) is -1.16. The first kappa shape index (κ1) is 57.1. The molecule has 0 radical (unpaired) electrons. The van der Waals surface area contributed by atoms with Gasteiger partial charge in [-0.05, 0) is 12.8 Å². The Morgan fingerprint density at radius 2 is 0.867 bits per heavy atom. The van der Waals surface area contributed by atoms with Gasteiger partial charge in [0.25, 0.3) is 0 Å². The van der Waals surface area contributed by atoms with Gasteiger partial charge in [-0.1, -0.05) is 226 Å². The van der Waals surface area contributed by atoms with E-state index in [2.05, 4.69) is 19.2 Å². The highest BCUT2D eigenvalue weighted by Gasteiger charge is 2.44. The Balaban J connectivity index is 2.34. The Bertz CT molecular complexity index is 944. The average molecular weight is 860 g/mol. The van der Waals surface area contributed by atoms with Gasteiger partial charge < -0.3 is 50.5 Å². The molecule has 11 heteroatoms. The van der Waals surface area contributed by atoms with E-state index in [1.807, 2.05) is 0 Å². The molecule has 9 atom stereocenters. The van der Waals surface area contributed by atoms with Crippen molar-refractivity contribution in [2.24, 2.45) is 0 Å². The third kappa shape index (κ3) is 28.7. The van der Waals surface area contributed by atoms with Crippen LogP contribution >= 0.6 is 0 Å². The molecule has 1 rings (SSSR count). The topological polar surface area (TPSA) is 189 Å². The Kier molecular flexibility index (Phi) is 37.8. The van der Waals surface area contributed by atoms with Crippen LogP contribution in [0.1, 0.15) is 239 Å². The molecular weight excluding hydrogens is 763 g/mol. The monoisotopic (exact) mass is 860 g/mol. The van der Waals surface area contributed by atoms with E-state index in [9.17, 15) is 40.5 Å². The average Bonchev–Trinajstić information content (AvgIpc) is 3.25. The molecule has 0 aromatic heterocycles. The summed E-state index contributed by atoms with van der Waals surface area (Å²) in [4.78, 5) is 13.1. The van der Waals surface area contributed by atoms with Crippen LogP contribution in [0, 0.1) is 0 Å². The van der Waals surface area contributed by atoms with E-state index in [1.165, 1.54) is 161 Å². The second kappa shape index (κ2) is 39.7. The molecule has 60 heavy (non-hydrogen) atoms. The summed E-state index contributed by atoms with van der Waals surface area (Å²) in [6.07, 6.45) is 30.1. The minimum absolute atomic E-state index is 0.267. The molecule has 11 nitrogen and oxygen atoms in total. The van der Waals surface area contributed by atoms with Crippen molar-refractivity contribution in [3.8, 4) is 0 Å². The molecule has 0 aliphatic carbocycles. The normalized spacial score (nSPS) is 21.5. The van der Waals surface area contributed by atoms with Crippen LogP contribution in [0.5, 0.6) is 0 Å². The standard InChI is InChI=1S/C49H97NO10/c1-3-5-7-9-11-13-15-17-18-19-20-21-22-23-24-25-27-29-31-33-35-37-42(53)48(58)50-40(39-59-49-47(57)46(56)45(55)43(38-51)60-49)44(54)41(52)36-34-32-30-28-26-16-14-12-10-8-6-4-2/h40-47,49,51-57H,3-39H2,1-2H3,(H,50,58)/t40-,41+,42+,43+,44-,45-,46-,47+,49-/m0/s1. The summed E-state index contributed by atoms with van der Waals surface area (Å²) in [5.41, 5.74) is 0. The number of aliphatic hydroxyl groups excluding tert-OH is 7. The molecule has 1 fully saturated rings. The predicted octanol–water partition coefficient (Wildman–Crippen LogP) is 9.06. The van der Waals surface area contributed by atoms with Crippen molar-refractivity contribution in [3.05, 3.63) is 0 Å². The molecule has 1 heterocycles. The lowest BCUT2D eigenvalue weighted by Crippen LogP contribution is -2.60. The Hall–Kier alpha value is -0.890. The lowest BCUT2D eigenvalue weighted by Gasteiger charge is -2.40. The van der Waals surface area contributed by atoms with E-state index in [4.69, 9.17) is 9.47 Å². The first-order valence-electron chi connectivity index (χ1n) is 25.4. The molecule has 0 bridgehead atoms. The molecule has 0 spiro atoms. The van der Waals surface area contributed by atoms with Crippen LogP contribution in [-0.4, -0.2) is 110 Å². The molecule has 1 aliphatic rings. The molecular formula is C49H97NO10. The number of unbranched alkanes of at least 4 members (excludes halogenated alkanes) is 31. The minimum atomic E-state index is -1.66. The van der Waals surface area contributed by atoms with Gasteiger partial charge in [-0.15, -0.1) is 0 Å². The van der Waals surface area contributed by atoms with Gasteiger partial charge in [-0.2, -0.15) is 0 Å². The van der Waals surface area contributed by atoms with Crippen LogP contribution in [0.4, 0.5) is 0 Å². The molecule has 0 unspecified atom stereocenters. The summed E-state index contributed by atoms with van der Waals surface area (Å²) in [6.45, 7) is 3.46. The summed E-state index contributed by atoms with van der Waals surface area (Å²) in [7, 11) is 0. The zero-order valence-corrected chi connectivity index (χ0v) is 38.7. The lowest BCUT2D eigenvalue weighted by molar-refractivity contribution is -0.303. The number of nitrogens with one attached hydrogen (secondary N) is 1. The molecule has 0 aromatic rings. The van der Waals surface area contributed by atoms with Crippen molar-refractivity contribution in [2.75, 3.05) is 13.2 Å². The molecule has 1 saturated heterocycles. The van der Waals surface area contributed by atoms with E-state index in [0.29, 0.717) is 19.3 Å². The summed E-state index contributed by atoms with van der Waals surface area (Å²) in [5.74, 6) is -0.692. The van der Waals surface area contributed by atoms with E-state index < -0.39 is 74.2 Å². The van der Waals surface area contributed by atoms with Gasteiger partial charge in [0.2, 0.25) is 5.91 Å². The van der Waals surface area contributed by atoms with Gasteiger partial charge in [0.15, 0.2) is 6.29 Å². The van der Waals surface area contributed by atoms with Gasteiger partial charge in [0, 0.05) is 0 Å². The Morgan fingerprint density at radius 3 is 1.23 bits per heavy atom. The predicted molar refractivity (Wildman–Crippen MR) is 243 cm³/mol. The van der Waals surface area contributed by atoms with Crippen molar-refractivity contribution in [3.63, 3.8) is 0 Å². The zero-order chi connectivity index (χ0) is 44.1. The van der Waals surface area contributed by atoms with Gasteiger partial charge in [0.1, 0.15) is 36.6 Å². The summed E-state index contributed by atoms with van der Waals surface area (Å²) in [5, 5.41) is 75.8. The molecule has 1 amide bonds. The Morgan fingerprint density at radius 1 is 0.517 bits per heavy atom. The second-order valence-electron chi connectivity index (χ2n) is 18.3. The Labute approximate surface area is 367 Å². The maximum Gasteiger partial charge on any atom is 0.249 e. The maximum absolute atomic E-state index is 13.1. The van der Waals surface area contributed by atoms with E-state index >= 15 is 0 Å². The van der Waals surface area contributed by atoms with Crippen molar-refractivity contribution < 1.29 is 50.0 Å². The fraction of sp³-hybridized carbons (Fsp3) is 0.980. The molecule has 358 valence electrons. The first-order chi connectivity index (χ1) is 29.2. The van der Waals surface area contributed by atoms with Crippen molar-refractivity contribution in [1.82, 2.24) is 5.32 Å². The number of carbonyl (C=O) groups excluding carboxylic acids is 1. The van der Waals surface area contributed by atoms with Crippen molar-refractivity contribution in [1.29, 1.82) is 0 Å². The third-order valence-electron chi connectivity index (χ3n) is 12.7. The zero-order valence-electron chi connectivity index (χ0n) is 38.7. The number of hydrogen-bond donors (Lipinski definition) is 8. The van der Waals surface area contributed by atoms with Crippen LogP contribution in [0.2, 0.25) is 0 Å². The number of amides is 1. The van der Waals surface area contributed by atoms with Crippen LogP contribution in [0.25, 0.3) is 0 Å². The first-order valence-corrected chi connectivity index (χ1v) is 25.4. The second-order valence-corrected chi connectivity index (χ2v) is 18.3. The maximum atomic E-state index is 13.1. The SMILES string of the molecule is CCCCCCCCCCCCCCCCCCCCCCC[C@@H](O)C(=O)N[C@@H](CO[C@H]1O[C@H](CO)[C@H](O)[C@H](O)[C@H]1O)[C@H](O)[C@H](O)CCCCCCCCCCCCCC. The highest BCUT2D eigenvalue weighted by molar-refractivity contribution is 5.80. The summed E-state index contributed by atoms with van der Waals surface area (Å²) >= 11 is 0. The highest BCUT2D eigenvalue weighted by Crippen LogP contribution is 2.23. The van der Waals surface area contributed by atoms with Crippen LogP contribution in [0.3, 0.4) is 0 Å². The molecule has 8 N–H and O–H groups in total. The molecule has 0 aromatic carbocycles. The number of carbonyl (C=O) groups is 1. The number of aliphatic hydroxyl groups is 7. The van der Waals surface area contributed by atoms with Crippen molar-refractivity contribution >= 4 is 5.91 Å². The van der Waals surface area contributed by atoms with Gasteiger partial charge >= 0.3 is 0 Å². The largest absolute Gasteiger partial charge is 0.394 e. The fourth-order valence-corrected chi connectivity index (χ4v) is 8.44. The van der Waals surface area contributed by atoms with E-state index in [0.717, 1.165) is 38.5 Å². The number of hydrogen-bond acceptors (Lipinski definition) is 10. The van der Waals surface area contributed by atoms with E-state index in [-0.39, 0.29) is 6.42 Å². The minimum Gasteiger partial charge on any atom is -0.394 e. The molecule has 0 saturated carbocycles. The van der Waals surface area contributed by atoms with E-state index in [1.54, 1.807) is 0 Å². The van der Waals surface area contributed by atoms with Crippen LogP contribution in [0.15, 0.2) is 0 Å². The highest BCUT2D eigenvalue weighted by atomic mass is 16.7. The molecule has 1 aliphatic heterocycles. The number of ether oxygens (including phenoxy) is 2. The quantitative estimate of drug-likeness (QED) is 0.0275. The fourth-order valence-electron chi connectivity index (χ4n) is 8.44. The van der Waals surface area contributed by atoms with Crippen LogP contribution < -0.4 is 5.32 Å². The summed E-state index contributed by atoms with van der Waals surface area (Å²) < 4.78 is 11.1.